The van der Waals surface area contributed by atoms with E-state index < -0.39 is 0 Å². The number of hydrogen-bond acceptors (Lipinski definition) is 0. The summed E-state index contributed by atoms with van der Waals surface area (Å²) in [6, 6.07) is 19.2. The fraction of sp³-hybridized carbons (Fsp3) is 0.188. The van der Waals surface area contributed by atoms with Gasteiger partial charge in [-0.1, -0.05) is 61.5 Å². The van der Waals surface area contributed by atoms with Crippen molar-refractivity contribution >= 4 is 0 Å². The first-order valence-corrected chi connectivity index (χ1v) is 5.70. The second-order valence-electron chi connectivity index (χ2n) is 4.26. The summed E-state index contributed by atoms with van der Waals surface area (Å²) in [6.07, 6.45) is 1.03. The summed E-state index contributed by atoms with van der Waals surface area (Å²) >= 11 is 0. The van der Waals surface area contributed by atoms with Crippen LogP contribution in [0.2, 0.25) is 0 Å². The molecule has 2 aromatic rings. The monoisotopic (exact) mass is 209 g/mol. The van der Waals surface area contributed by atoms with E-state index in [9.17, 15) is 0 Å². The van der Waals surface area contributed by atoms with Crippen molar-refractivity contribution in [2.45, 2.75) is 20.3 Å². The predicted octanol–water partition coefficient (Wildman–Crippen LogP) is 4.18. The Morgan fingerprint density at radius 3 is 2.19 bits per heavy atom. The van der Waals surface area contributed by atoms with Gasteiger partial charge in [-0.05, 0) is 30.0 Å². The highest BCUT2D eigenvalue weighted by Gasteiger charge is 2.08. The molecule has 1 radical (unpaired) electrons. The minimum Gasteiger partial charge on any atom is -0.0622 e. The van der Waals surface area contributed by atoms with Gasteiger partial charge in [0.05, 0.1) is 0 Å². The minimum atomic E-state index is 1.03. The molecule has 0 saturated carbocycles. The molecule has 81 valence electrons. The fourth-order valence-corrected chi connectivity index (χ4v) is 2.05. The van der Waals surface area contributed by atoms with Gasteiger partial charge in [0, 0.05) is 5.92 Å². The topological polar surface area (TPSA) is 0 Å². The van der Waals surface area contributed by atoms with Gasteiger partial charge in [0.15, 0.2) is 0 Å². The van der Waals surface area contributed by atoms with Gasteiger partial charge in [0.1, 0.15) is 0 Å². The Morgan fingerprint density at radius 2 is 1.50 bits per heavy atom. The van der Waals surface area contributed by atoms with Crippen LogP contribution in [0.5, 0.6) is 0 Å². The van der Waals surface area contributed by atoms with E-state index in [1.807, 2.05) is 0 Å². The van der Waals surface area contributed by atoms with Gasteiger partial charge < -0.3 is 0 Å². The third kappa shape index (κ3) is 2.52. The molecule has 0 fully saturated rings. The average Bonchev–Trinajstić information content (AvgIpc) is 2.31. The quantitative estimate of drug-likeness (QED) is 0.711. The second kappa shape index (κ2) is 4.98. The Hall–Kier alpha value is -1.56. The lowest BCUT2D eigenvalue weighted by Gasteiger charge is -2.13. The van der Waals surface area contributed by atoms with Crippen LogP contribution in [0.25, 0.3) is 0 Å². The Labute approximate surface area is 97.9 Å². The van der Waals surface area contributed by atoms with Gasteiger partial charge in [-0.2, -0.15) is 0 Å². The zero-order valence-electron chi connectivity index (χ0n) is 9.90. The Bertz CT molecular complexity index is 443. The summed E-state index contributed by atoms with van der Waals surface area (Å²) in [7, 11) is 0. The third-order valence-corrected chi connectivity index (χ3v) is 2.92. The fourth-order valence-electron chi connectivity index (χ4n) is 2.05. The number of hydrogen-bond donors (Lipinski definition) is 0. The van der Waals surface area contributed by atoms with Crippen LogP contribution in [0.1, 0.15) is 23.6 Å². The highest BCUT2D eigenvalue weighted by atomic mass is 14.1. The second-order valence-corrected chi connectivity index (χ2v) is 4.26. The maximum absolute atomic E-state index is 2.22. The van der Waals surface area contributed by atoms with E-state index in [1.54, 1.807) is 0 Å². The van der Waals surface area contributed by atoms with Crippen LogP contribution >= 0.6 is 0 Å². The molecule has 0 amide bonds. The van der Waals surface area contributed by atoms with Gasteiger partial charge in [-0.3, -0.25) is 0 Å². The summed E-state index contributed by atoms with van der Waals surface area (Å²) in [5.41, 5.74) is 4.12. The maximum Gasteiger partial charge on any atom is 0.00651 e. The first-order chi connectivity index (χ1) is 7.77. The molecule has 2 rings (SSSR count). The van der Waals surface area contributed by atoms with Crippen LogP contribution < -0.4 is 0 Å². The highest BCUT2D eigenvalue weighted by Crippen LogP contribution is 2.22. The molecule has 0 nitrogen and oxygen atoms in total. The van der Waals surface area contributed by atoms with Gasteiger partial charge in [-0.15, -0.1) is 0 Å². The first kappa shape index (κ1) is 10.9. The van der Waals surface area contributed by atoms with Crippen molar-refractivity contribution in [1.82, 2.24) is 0 Å². The lowest BCUT2D eigenvalue weighted by molar-refractivity contribution is 0.983. The van der Waals surface area contributed by atoms with E-state index in [2.05, 4.69) is 68.4 Å². The minimum absolute atomic E-state index is 1.03. The molecule has 0 unspecified atom stereocenters. The SMILES string of the molecule is C[C](Cc1ccccc1)c1ccccc1C. The van der Waals surface area contributed by atoms with E-state index in [0.29, 0.717) is 0 Å². The molecule has 0 atom stereocenters. The van der Waals surface area contributed by atoms with E-state index >= 15 is 0 Å². The van der Waals surface area contributed by atoms with Crippen LogP contribution in [0.4, 0.5) is 0 Å². The molecule has 0 aliphatic carbocycles. The molecule has 0 aliphatic rings. The molecule has 0 spiro atoms. The molecule has 0 N–H and O–H groups in total. The summed E-state index contributed by atoms with van der Waals surface area (Å²) in [5.74, 6) is 1.43. The van der Waals surface area contributed by atoms with E-state index in [-0.39, 0.29) is 0 Å². The predicted molar refractivity (Wildman–Crippen MR) is 69.3 cm³/mol. The van der Waals surface area contributed by atoms with Gasteiger partial charge in [0.25, 0.3) is 0 Å². The molecule has 0 heteroatoms. The van der Waals surface area contributed by atoms with E-state index in [4.69, 9.17) is 0 Å². The van der Waals surface area contributed by atoms with E-state index in [0.717, 1.165) is 6.42 Å². The average molecular weight is 209 g/mol. The summed E-state index contributed by atoms with van der Waals surface area (Å²) in [6.45, 7) is 4.39. The largest absolute Gasteiger partial charge is 0.0622 e. The lowest BCUT2D eigenvalue weighted by atomic mass is 9.91. The van der Waals surface area contributed by atoms with Crippen LogP contribution in [-0.2, 0) is 6.42 Å². The van der Waals surface area contributed by atoms with Gasteiger partial charge in [0.2, 0.25) is 0 Å². The Kier molecular flexibility index (Phi) is 3.40. The highest BCUT2D eigenvalue weighted by molar-refractivity contribution is 5.38. The van der Waals surface area contributed by atoms with Crippen molar-refractivity contribution in [3.8, 4) is 0 Å². The molecule has 16 heavy (non-hydrogen) atoms. The summed E-state index contributed by atoms with van der Waals surface area (Å²) in [5, 5.41) is 0. The molecule has 0 saturated heterocycles. The smallest absolute Gasteiger partial charge is 0.00651 e. The van der Waals surface area contributed by atoms with Crippen LogP contribution in [0, 0.1) is 12.8 Å². The van der Waals surface area contributed by atoms with Gasteiger partial charge in [-0.25, -0.2) is 0 Å². The Morgan fingerprint density at radius 1 is 0.875 bits per heavy atom. The van der Waals surface area contributed by atoms with Crippen molar-refractivity contribution in [2.24, 2.45) is 0 Å². The first-order valence-electron chi connectivity index (χ1n) is 5.70. The molecule has 0 aromatic heterocycles. The summed E-state index contributed by atoms with van der Waals surface area (Å²) < 4.78 is 0. The van der Waals surface area contributed by atoms with Crippen LogP contribution in [0.3, 0.4) is 0 Å². The van der Waals surface area contributed by atoms with Crippen molar-refractivity contribution < 1.29 is 0 Å². The van der Waals surface area contributed by atoms with Crippen molar-refractivity contribution in [1.29, 1.82) is 0 Å². The third-order valence-electron chi connectivity index (χ3n) is 2.92. The molecule has 0 bridgehead atoms. The Balaban J connectivity index is 2.15. The molecule has 2 aromatic carbocycles. The van der Waals surface area contributed by atoms with E-state index in [1.165, 1.54) is 22.6 Å². The number of aryl methyl sites for hydroxylation is 1. The van der Waals surface area contributed by atoms with Crippen LogP contribution in [-0.4, -0.2) is 0 Å². The summed E-state index contributed by atoms with van der Waals surface area (Å²) in [4.78, 5) is 0. The molecule has 0 aliphatic heterocycles. The van der Waals surface area contributed by atoms with Crippen LogP contribution in [0.15, 0.2) is 54.6 Å². The zero-order chi connectivity index (χ0) is 11.4. The molecule has 0 heterocycles. The number of rotatable bonds is 3. The zero-order valence-corrected chi connectivity index (χ0v) is 9.90. The van der Waals surface area contributed by atoms with Crippen molar-refractivity contribution in [3.63, 3.8) is 0 Å². The standard InChI is InChI=1S/C16H17/c1-13-8-6-7-11-16(13)14(2)12-15-9-4-3-5-10-15/h3-11H,12H2,1-2H3. The maximum atomic E-state index is 2.22. The molecular weight excluding hydrogens is 192 g/mol. The lowest BCUT2D eigenvalue weighted by Crippen LogP contribution is -2.01. The van der Waals surface area contributed by atoms with Crippen molar-refractivity contribution in [2.75, 3.05) is 0 Å². The van der Waals surface area contributed by atoms with Crippen molar-refractivity contribution in [3.05, 3.63) is 77.2 Å². The normalized spacial score (nSPS) is 10.7. The van der Waals surface area contributed by atoms with Gasteiger partial charge >= 0.3 is 0 Å². The molecular formula is C16H17. The number of benzene rings is 2.